The Balaban J connectivity index is 1.39. The van der Waals surface area contributed by atoms with E-state index in [0.717, 1.165) is 32.2 Å². The number of thioether (sulfide) groups is 1. The first kappa shape index (κ1) is 27.2. The summed E-state index contributed by atoms with van der Waals surface area (Å²) in [5.74, 6) is 0.238. The number of nitrogens with one attached hydrogen (secondary N) is 1. The number of hydrogen-bond donors (Lipinski definition) is 1. The summed E-state index contributed by atoms with van der Waals surface area (Å²) in [6.07, 6.45) is -2.12. The Hall–Kier alpha value is -2.67. The molecule has 3 aromatic rings. The lowest BCUT2D eigenvalue weighted by molar-refractivity contribution is -0.137. The van der Waals surface area contributed by atoms with E-state index in [1.807, 2.05) is 4.90 Å². The van der Waals surface area contributed by atoms with Gasteiger partial charge in [-0.25, -0.2) is 9.18 Å². The van der Waals surface area contributed by atoms with Crippen molar-refractivity contribution in [2.45, 2.75) is 36.0 Å². The smallest absolute Gasteiger partial charge is 0.353 e. The summed E-state index contributed by atoms with van der Waals surface area (Å²) in [5, 5.41) is 3.60. The molecule has 0 bridgehead atoms. The van der Waals surface area contributed by atoms with Gasteiger partial charge in [0.15, 0.2) is 0 Å². The summed E-state index contributed by atoms with van der Waals surface area (Å²) in [5.41, 5.74) is -0.450. The second kappa shape index (κ2) is 10.6. The van der Waals surface area contributed by atoms with E-state index in [-0.39, 0.29) is 17.2 Å². The van der Waals surface area contributed by atoms with Crippen LogP contribution in [-0.2, 0) is 6.18 Å². The molecule has 0 amide bonds. The number of anilines is 1. The molecule has 2 aromatic carbocycles. The summed E-state index contributed by atoms with van der Waals surface area (Å²) in [7, 11) is 0. The van der Waals surface area contributed by atoms with Gasteiger partial charge in [0, 0.05) is 86.5 Å². The summed E-state index contributed by atoms with van der Waals surface area (Å²) in [6.45, 7) is 6.84. The first-order chi connectivity index (χ1) is 19.8. The molecule has 1 aliphatic carbocycles. The average Bonchev–Trinajstić information content (AvgIpc) is 3.82. The molecule has 12 heteroatoms. The minimum Gasteiger partial charge on any atom is -0.353 e. The van der Waals surface area contributed by atoms with Gasteiger partial charge in [-0.3, -0.25) is 14.4 Å². The maximum absolute atomic E-state index is 14.7. The quantitative estimate of drug-likeness (QED) is 0.452. The summed E-state index contributed by atoms with van der Waals surface area (Å²) in [6, 6.07) is 6.77. The van der Waals surface area contributed by atoms with Crippen LogP contribution in [0, 0.1) is 5.82 Å². The molecule has 4 heterocycles. The third-order valence-corrected chi connectivity index (χ3v) is 9.96. The second-order valence-corrected chi connectivity index (χ2v) is 12.4. The first-order valence-electron chi connectivity index (χ1n) is 14.3. The number of piperazine rings is 2. The van der Waals surface area contributed by atoms with E-state index >= 15 is 0 Å². The number of aromatic nitrogens is 2. The largest absolute Gasteiger partial charge is 0.417 e. The van der Waals surface area contributed by atoms with Crippen LogP contribution in [0.15, 0.2) is 40.0 Å². The van der Waals surface area contributed by atoms with Gasteiger partial charge in [-0.2, -0.15) is 18.2 Å². The predicted molar refractivity (Wildman–Crippen MR) is 152 cm³/mol. The highest BCUT2D eigenvalue weighted by atomic mass is 32.2. The van der Waals surface area contributed by atoms with Crippen molar-refractivity contribution in [3.05, 3.63) is 52.2 Å². The second-order valence-electron chi connectivity index (χ2n) is 11.4. The SMILES string of the molecule is O=c1nc(N2CCNCC2)c2cc(C(F)(F)F)c(-c3ccc(F)cc3)c3c2n1[C@@H](CN1CCN(C2CC2)CC1)CS3. The van der Waals surface area contributed by atoms with Crippen LogP contribution in [0.5, 0.6) is 0 Å². The van der Waals surface area contributed by atoms with E-state index in [1.165, 1.54) is 48.9 Å². The molecule has 2 saturated heterocycles. The number of nitrogens with zero attached hydrogens (tertiary/aromatic N) is 5. The first-order valence-corrected chi connectivity index (χ1v) is 15.3. The summed E-state index contributed by atoms with van der Waals surface area (Å²) >= 11 is 1.36. The molecule has 4 aliphatic rings. The Morgan fingerprint density at radius 2 is 1.71 bits per heavy atom. The fraction of sp³-hybridized carbons (Fsp3) is 0.517. The molecule has 0 radical (unpaired) electrons. The zero-order valence-corrected chi connectivity index (χ0v) is 23.4. The molecule has 3 aliphatic heterocycles. The molecule has 1 aromatic heterocycles. The highest BCUT2D eigenvalue weighted by molar-refractivity contribution is 7.99. The molecule has 0 spiro atoms. The lowest BCUT2D eigenvalue weighted by atomic mass is 9.96. The lowest BCUT2D eigenvalue weighted by Gasteiger charge is -2.38. The standard InChI is InChI=1S/C29H32F4N6OS/c30-19-3-1-18(2-4-19)24-23(29(31,32)33)15-22-25-26(24)41-17-21(16-36-11-13-37(14-12-36)20-5-6-20)39(25)28(40)35-27(22)38-9-7-34-8-10-38/h1-4,15,20-21,34H,5-14,16-17H2/t21-/m0/s1. The van der Waals surface area contributed by atoms with Gasteiger partial charge < -0.3 is 10.2 Å². The maximum Gasteiger partial charge on any atom is 0.417 e. The van der Waals surface area contributed by atoms with Crippen molar-refractivity contribution in [3.63, 3.8) is 0 Å². The summed E-state index contributed by atoms with van der Waals surface area (Å²) in [4.78, 5) is 25.5. The van der Waals surface area contributed by atoms with Crippen molar-refractivity contribution in [1.82, 2.24) is 24.7 Å². The van der Waals surface area contributed by atoms with E-state index in [2.05, 4.69) is 20.1 Å². The van der Waals surface area contributed by atoms with Crippen LogP contribution in [0.1, 0.15) is 24.4 Å². The Bertz CT molecular complexity index is 1510. The zero-order valence-electron chi connectivity index (χ0n) is 22.6. The minimum atomic E-state index is -4.66. The van der Waals surface area contributed by atoms with E-state index in [0.29, 0.717) is 66.1 Å². The van der Waals surface area contributed by atoms with Crippen LogP contribution < -0.4 is 15.9 Å². The van der Waals surface area contributed by atoms with Crippen LogP contribution in [0.3, 0.4) is 0 Å². The normalized spacial score (nSPS) is 22.4. The van der Waals surface area contributed by atoms with Crippen molar-refractivity contribution in [3.8, 4) is 11.1 Å². The van der Waals surface area contributed by atoms with Crippen molar-refractivity contribution >= 4 is 28.5 Å². The highest BCUT2D eigenvalue weighted by Crippen LogP contribution is 2.49. The maximum atomic E-state index is 14.7. The van der Waals surface area contributed by atoms with Crippen LogP contribution >= 0.6 is 11.8 Å². The van der Waals surface area contributed by atoms with Crippen LogP contribution in [0.4, 0.5) is 23.4 Å². The molecular formula is C29H32F4N6OS. The van der Waals surface area contributed by atoms with Gasteiger partial charge in [0.1, 0.15) is 11.6 Å². The number of alkyl halides is 3. The zero-order chi connectivity index (χ0) is 28.3. The lowest BCUT2D eigenvalue weighted by Crippen LogP contribution is -2.50. The number of benzene rings is 2. The van der Waals surface area contributed by atoms with Gasteiger partial charge in [0.25, 0.3) is 0 Å². The van der Waals surface area contributed by atoms with Gasteiger partial charge in [0.05, 0.1) is 17.1 Å². The third kappa shape index (κ3) is 5.13. The molecule has 0 unspecified atom stereocenters. The molecule has 1 atom stereocenters. The van der Waals surface area contributed by atoms with Gasteiger partial charge in [-0.15, -0.1) is 11.8 Å². The molecular weight excluding hydrogens is 556 g/mol. The Morgan fingerprint density at radius 3 is 2.37 bits per heavy atom. The van der Waals surface area contributed by atoms with Crippen molar-refractivity contribution < 1.29 is 17.6 Å². The number of hydrogen-bond acceptors (Lipinski definition) is 7. The summed E-state index contributed by atoms with van der Waals surface area (Å²) < 4.78 is 59.6. The van der Waals surface area contributed by atoms with Crippen LogP contribution in [0.2, 0.25) is 0 Å². The van der Waals surface area contributed by atoms with Gasteiger partial charge in [-0.05, 0) is 36.6 Å². The minimum absolute atomic E-state index is 0.00268. The average molecular weight is 589 g/mol. The highest BCUT2D eigenvalue weighted by Gasteiger charge is 2.40. The fourth-order valence-electron chi connectivity index (χ4n) is 6.52. The number of rotatable bonds is 5. The third-order valence-electron chi connectivity index (χ3n) is 8.72. The van der Waals surface area contributed by atoms with Gasteiger partial charge >= 0.3 is 11.9 Å². The van der Waals surface area contributed by atoms with E-state index in [4.69, 9.17) is 0 Å². The molecule has 7 rings (SSSR count). The Morgan fingerprint density at radius 1 is 1.00 bits per heavy atom. The van der Waals surface area contributed by atoms with Gasteiger partial charge in [0.2, 0.25) is 0 Å². The fourth-order valence-corrected chi connectivity index (χ4v) is 7.85. The van der Waals surface area contributed by atoms with Crippen molar-refractivity contribution in [1.29, 1.82) is 0 Å². The van der Waals surface area contributed by atoms with E-state index < -0.39 is 23.2 Å². The molecule has 7 nitrogen and oxygen atoms in total. The Kier molecular flexibility index (Phi) is 7.00. The molecule has 3 fully saturated rings. The van der Waals surface area contributed by atoms with E-state index in [1.54, 1.807) is 4.57 Å². The molecule has 1 saturated carbocycles. The molecule has 41 heavy (non-hydrogen) atoms. The molecule has 218 valence electrons. The Labute approximate surface area is 239 Å². The predicted octanol–water partition coefficient (Wildman–Crippen LogP) is 4.06. The monoisotopic (exact) mass is 588 g/mol. The van der Waals surface area contributed by atoms with E-state index in [9.17, 15) is 22.4 Å². The number of halogens is 4. The molecule has 1 N–H and O–H groups in total. The topological polar surface area (TPSA) is 56.6 Å². The van der Waals surface area contributed by atoms with Crippen molar-refractivity contribution in [2.24, 2.45) is 0 Å². The van der Waals surface area contributed by atoms with Crippen LogP contribution in [0.25, 0.3) is 22.0 Å². The van der Waals surface area contributed by atoms with Gasteiger partial charge in [-0.1, -0.05) is 12.1 Å². The van der Waals surface area contributed by atoms with Crippen molar-refractivity contribution in [2.75, 3.05) is 69.6 Å². The van der Waals surface area contributed by atoms with Crippen LogP contribution in [-0.4, -0.2) is 90.0 Å².